The van der Waals surface area contributed by atoms with Crippen molar-refractivity contribution in [2.45, 2.75) is 51.4 Å². The van der Waals surface area contributed by atoms with Crippen LogP contribution in [0.4, 0.5) is 5.00 Å². The zero-order chi connectivity index (χ0) is 24.2. The smallest absolute Gasteiger partial charge is 0.341 e. The third kappa shape index (κ3) is 6.42. The second kappa shape index (κ2) is 10.5. The number of benzene rings is 1. The average molecular weight is 494 g/mol. The molecule has 1 amide bonds. The first-order chi connectivity index (χ1) is 15.6. The van der Waals surface area contributed by atoms with Gasteiger partial charge in [0.2, 0.25) is 0 Å². The van der Waals surface area contributed by atoms with Crippen LogP contribution in [-0.4, -0.2) is 45.2 Å². The van der Waals surface area contributed by atoms with Gasteiger partial charge in [0.05, 0.1) is 23.5 Å². The molecule has 1 unspecified atom stereocenters. The van der Waals surface area contributed by atoms with Crippen molar-refractivity contribution in [1.29, 1.82) is 0 Å². The third-order valence-electron chi connectivity index (χ3n) is 5.16. The molecule has 0 saturated heterocycles. The van der Waals surface area contributed by atoms with Crippen LogP contribution in [0.25, 0.3) is 0 Å². The molecule has 0 bridgehead atoms. The zero-order valence-corrected chi connectivity index (χ0v) is 20.4. The Kier molecular flexibility index (Phi) is 7.91. The van der Waals surface area contributed by atoms with Crippen molar-refractivity contribution in [3.63, 3.8) is 0 Å². The number of fused-ring (bicyclic) bond motifs is 1. The van der Waals surface area contributed by atoms with E-state index in [9.17, 15) is 22.8 Å². The standard InChI is InChI=1S/C23H27NO7S2/c1-4-30-23(27)19-17-7-5-6-8-18(17)32-21(19)24-20(25)14(2)31-22(26)16-11-9-15(10-12-16)13-33(3,28)29/h9-12,14H,4-8,13H2,1-3H3,(H,24,25). The molecule has 1 aromatic carbocycles. The summed E-state index contributed by atoms with van der Waals surface area (Å²) < 4.78 is 33.3. The molecule has 0 spiro atoms. The first kappa shape index (κ1) is 24.9. The molecule has 0 radical (unpaired) electrons. The topological polar surface area (TPSA) is 116 Å². The number of thiophene rings is 1. The molecule has 10 heteroatoms. The molecule has 2 aromatic rings. The number of carbonyl (C=O) groups is 3. The Labute approximate surface area is 197 Å². The summed E-state index contributed by atoms with van der Waals surface area (Å²) >= 11 is 1.36. The van der Waals surface area contributed by atoms with Crippen LogP contribution in [-0.2, 0) is 42.7 Å². The van der Waals surface area contributed by atoms with Crippen molar-refractivity contribution in [3.8, 4) is 0 Å². The van der Waals surface area contributed by atoms with Crippen molar-refractivity contribution in [1.82, 2.24) is 0 Å². The Morgan fingerprint density at radius 3 is 2.39 bits per heavy atom. The van der Waals surface area contributed by atoms with E-state index in [2.05, 4.69) is 5.32 Å². The van der Waals surface area contributed by atoms with E-state index >= 15 is 0 Å². The molecule has 1 N–H and O–H groups in total. The van der Waals surface area contributed by atoms with Crippen molar-refractivity contribution in [2.75, 3.05) is 18.2 Å². The fourth-order valence-corrected chi connectivity index (χ4v) is 5.69. The molecule has 1 aromatic heterocycles. The van der Waals surface area contributed by atoms with E-state index in [1.54, 1.807) is 6.92 Å². The Hall–Kier alpha value is -2.72. The number of sulfone groups is 1. The molecular weight excluding hydrogens is 466 g/mol. The lowest BCUT2D eigenvalue weighted by molar-refractivity contribution is -0.123. The third-order valence-corrected chi connectivity index (χ3v) is 7.22. The number of anilines is 1. The van der Waals surface area contributed by atoms with Gasteiger partial charge in [-0.1, -0.05) is 12.1 Å². The Balaban J connectivity index is 1.69. The minimum Gasteiger partial charge on any atom is -0.462 e. The van der Waals surface area contributed by atoms with Crippen LogP contribution in [0.1, 0.15) is 63.4 Å². The molecule has 0 aliphatic heterocycles. The van der Waals surface area contributed by atoms with Gasteiger partial charge in [-0.3, -0.25) is 4.79 Å². The first-order valence-corrected chi connectivity index (χ1v) is 13.6. The summed E-state index contributed by atoms with van der Waals surface area (Å²) in [6.45, 7) is 3.40. The van der Waals surface area contributed by atoms with Gasteiger partial charge < -0.3 is 14.8 Å². The van der Waals surface area contributed by atoms with Crippen molar-refractivity contribution >= 4 is 44.0 Å². The summed E-state index contributed by atoms with van der Waals surface area (Å²) in [5, 5.41) is 3.15. The van der Waals surface area contributed by atoms with Gasteiger partial charge in [-0.25, -0.2) is 18.0 Å². The minimum atomic E-state index is -3.19. The van der Waals surface area contributed by atoms with E-state index < -0.39 is 33.8 Å². The fraction of sp³-hybridized carbons (Fsp3) is 0.435. The molecule has 1 aliphatic rings. The largest absolute Gasteiger partial charge is 0.462 e. The Bertz CT molecular complexity index is 1150. The predicted octanol–water partition coefficient (Wildman–Crippen LogP) is 3.53. The average Bonchev–Trinajstić information content (AvgIpc) is 3.11. The normalized spacial score (nSPS) is 14.2. The van der Waals surface area contributed by atoms with Crippen molar-refractivity contribution in [2.24, 2.45) is 0 Å². The minimum absolute atomic E-state index is 0.130. The van der Waals surface area contributed by atoms with Crippen LogP contribution < -0.4 is 5.32 Å². The van der Waals surface area contributed by atoms with Gasteiger partial charge in [0.1, 0.15) is 5.00 Å². The molecule has 1 atom stereocenters. The monoisotopic (exact) mass is 493 g/mol. The van der Waals surface area contributed by atoms with E-state index in [1.165, 1.54) is 42.5 Å². The highest BCUT2D eigenvalue weighted by atomic mass is 32.2. The number of aryl methyl sites for hydroxylation is 1. The molecule has 33 heavy (non-hydrogen) atoms. The van der Waals surface area contributed by atoms with E-state index in [1.807, 2.05) is 0 Å². The number of esters is 2. The summed E-state index contributed by atoms with van der Waals surface area (Å²) in [6.07, 6.45) is 3.63. The molecule has 178 valence electrons. The highest BCUT2D eigenvalue weighted by molar-refractivity contribution is 7.89. The highest BCUT2D eigenvalue weighted by Gasteiger charge is 2.29. The molecule has 3 rings (SSSR count). The molecule has 0 fully saturated rings. The van der Waals surface area contributed by atoms with E-state index in [0.29, 0.717) is 16.1 Å². The molecular formula is C23H27NO7S2. The van der Waals surface area contributed by atoms with Gasteiger partial charge in [0.25, 0.3) is 5.91 Å². The fourth-order valence-electron chi connectivity index (χ4n) is 3.61. The maximum atomic E-state index is 12.7. The van der Waals surface area contributed by atoms with Gasteiger partial charge in [-0.05, 0) is 62.8 Å². The number of hydrogen-bond acceptors (Lipinski definition) is 8. The lowest BCUT2D eigenvalue weighted by Crippen LogP contribution is -2.30. The quantitative estimate of drug-likeness (QED) is 0.559. The van der Waals surface area contributed by atoms with Gasteiger partial charge >= 0.3 is 11.9 Å². The van der Waals surface area contributed by atoms with Crippen LogP contribution >= 0.6 is 11.3 Å². The van der Waals surface area contributed by atoms with Crippen LogP contribution in [0.3, 0.4) is 0 Å². The lowest BCUT2D eigenvalue weighted by atomic mass is 9.95. The summed E-state index contributed by atoms with van der Waals surface area (Å²) in [5.74, 6) is -1.86. The van der Waals surface area contributed by atoms with Gasteiger partial charge in [0, 0.05) is 11.1 Å². The van der Waals surface area contributed by atoms with Crippen molar-refractivity contribution < 1.29 is 32.3 Å². The Morgan fingerprint density at radius 2 is 1.76 bits per heavy atom. The van der Waals surface area contributed by atoms with Crippen LogP contribution in [0.2, 0.25) is 0 Å². The maximum Gasteiger partial charge on any atom is 0.341 e. The lowest BCUT2D eigenvalue weighted by Gasteiger charge is -2.14. The summed E-state index contributed by atoms with van der Waals surface area (Å²) in [6, 6.07) is 5.98. The predicted molar refractivity (Wildman–Crippen MR) is 125 cm³/mol. The number of amides is 1. The zero-order valence-electron chi connectivity index (χ0n) is 18.8. The molecule has 8 nitrogen and oxygen atoms in total. The summed E-state index contributed by atoms with van der Waals surface area (Å²) in [7, 11) is -3.19. The van der Waals surface area contributed by atoms with Gasteiger partial charge in [-0.15, -0.1) is 11.3 Å². The van der Waals surface area contributed by atoms with Gasteiger partial charge in [0.15, 0.2) is 15.9 Å². The SMILES string of the molecule is CCOC(=O)c1c(NC(=O)C(C)OC(=O)c2ccc(CS(C)(=O)=O)cc2)sc2c1CCCC2. The summed E-state index contributed by atoms with van der Waals surface area (Å²) in [5.41, 5.74) is 2.07. The second-order valence-electron chi connectivity index (χ2n) is 7.94. The Morgan fingerprint density at radius 1 is 1.09 bits per heavy atom. The molecule has 1 aliphatic carbocycles. The van der Waals surface area contributed by atoms with Crippen LogP contribution in [0, 0.1) is 0 Å². The number of ether oxygens (including phenoxy) is 2. The van der Waals surface area contributed by atoms with E-state index in [4.69, 9.17) is 9.47 Å². The maximum absolute atomic E-state index is 12.7. The van der Waals surface area contributed by atoms with Crippen molar-refractivity contribution in [3.05, 3.63) is 51.4 Å². The van der Waals surface area contributed by atoms with E-state index in [-0.39, 0.29) is 17.9 Å². The highest BCUT2D eigenvalue weighted by Crippen LogP contribution is 2.38. The van der Waals surface area contributed by atoms with Crippen LogP contribution in [0.15, 0.2) is 24.3 Å². The van der Waals surface area contributed by atoms with Gasteiger partial charge in [-0.2, -0.15) is 0 Å². The van der Waals surface area contributed by atoms with E-state index in [0.717, 1.165) is 42.4 Å². The molecule has 0 saturated carbocycles. The van der Waals surface area contributed by atoms with Crippen LogP contribution in [0.5, 0.6) is 0 Å². The number of rotatable bonds is 8. The number of nitrogens with one attached hydrogen (secondary N) is 1. The first-order valence-electron chi connectivity index (χ1n) is 10.7. The molecule has 1 heterocycles. The number of hydrogen-bond donors (Lipinski definition) is 1. The number of carbonyl (C=O) groups excluding carboxylic acids is 3. The summed E-state index contributed by atoms with van der Waals surface area (Å²) in [4.78, 5) is 38.8. The second-order valence-corrected chi connectivity index (χ2v) is 11.2.